The molecule has 2 heterocycles. The Balaban J connectivity index is 1.40. The first kappa shape index (κ1) is 21.6. The molecule has 1 aromatic heterocycles. The van der Waals surface area contributed by atoms with E-state index >= 15 is 0 Å². The van der Waals surface area contributed by atoms with Crippen LogP contribution in [0.4, 0.5) is 10.6 Å². The summed E-state index contributed by atoms with van der Waals surface area (Å²) in [6.45, 7) is 2.18. The second-order valence-corrected chi connectivity index (χ2v) is 7.52. The van der Waals surface area contributed by atoms with Gasteiger partial charge in [-0.25, -0.2) is 9.78 Å². The number of aromatic nitrogens is 1. The molecule has 1 aliphatic rings. The topological polar surface area (TPSA) is 91.8 Å². The van der Waals surface area contributed by atoms with Gasteiger partial charge in [0.15, 0.2) is 0 Å². The van der Waals surface area contributed by atoms with Crippen molar-refractivity contribution in [3.05, 3.63) is 59.8 Å². The van der Waals surface area contributed by atoms with Gasteiger partial charge in [0.1, 0.15) is 5.82 Å². The number of benzene rings is 1. The van der Waals surface area contributed by atoms with Crippen LogP contribution in [0, 0.1) is 0 Å². The van der Waals surface area contributed by atoms with E-state index in [-0.39, 0.29) is 18.4 Å². The first-order valence-corrected chi connectivity index (χ1v) is 10.5. The van der Waals surface area contributed by atoms with Crippen LogP contribution in [0.25, 0.3) is 0 Å². The minimum Gasteiger partial charge on any atom is -0.481 e. The zero-order chi connectivity index (χ0) is 21.2. The highest BCUT2D eigenvalue weighted by Crippen LogP contribution is 2.31. The van der Waals surface area contributed by atoms with Crippen LogP contribution >= 0.6 is 0 Å². The monoisotopic (exact) mass is 411 g/mol. The Morgan fingerprint density at radius 1 is 1.13 bits per heavy atom. The smallest absolute Gasteiger partial charge is 0.410 e. The van der Waals surface area contributed by atoms with Crippen molar-refractivity contribution in [2.45, 2.75) is 44.6 Å². The lowest BCUT2D eigenvalue weighted by atomic mass is 9.90. The lowest BCUT2D eigenvalue weighted by Gasteiger charge is -2.20. The number of nitrogens with one attached hydrogen (secondary N) is 1. The van der Waals surface area contributed by atoms with Crippen LogP contribution in [0.5, 0.6) is 0 Å². The molecule has 0 saturated carbocycles. The number of nitrogens with zero attached hydrogens (tertiary/aromatic N) is 2. The average molecular weight is 412 g/mol. The standard InChI is InChI=1S/C23H29N3O4/c27-22(28)16-18-11-14-26(17-19-8-2-3-9-20(18)19)23(29)30-15-7-1-5-12-24-21-10-4-6-13-25-21/h2-4,6,8-10,13,18H,1,5,7,11-12,14-17H2,(H,24,25)(H,27,28). The molecule has 7 heteroatoms. The summed E-state index contributed by atoms with van der Waals surface area (Å²) in [7, 11) is 0. The van der Waals surface area contributed by atoms with Crippen LogP contribution in [0.15, 0.2) is 48.7 Å². The molecule has 0 radical (unpaired) electrons. The molecule has 160 valence electrons. The van der Waals surface area contributed by atoms with Gasteiger partial charge in [-0.2, -0.15) is 0 Å². The highest BCUT2D eigenvalue weighted by atomic mass is 16.6. The molecule has 2 aromatic rings. The Morgan fingerprint density at radius 3 is 2.77 bits per heavy atom. The summed E-state index contributed by atoms with van der Waals surface area (Å²) in [4.78, 5) is 29.6. The summed E-state index contributed by atoms with van der Waals surface area (Å²) >= 11 is 0. The Labute approximate surface area is 177 Å². The summed E-state index contributed by atoms with van der Waals surface area (Å²) in [5, 5.41) is 12.5. The van der Waals surface area contributed by atoms with E-state index < -0.39 is 5.97 Å². The van der Waals surface area contributed by atoms with Gasteiger partial charge in [0.25, 0.3) is 0 Å². The van der Waals surface area contributed by atoms with Crippen LogP contribution in [0.2, 0.25) is 0 Å². The number of anilines is 1. The van der Waals surface area contributed by atoms with Gasteiger partial charge in [-0.05, 0) is 54.9 Å². The van der Waals surface area contributed by atoms with Crippen LogP contribution in [-0.4, -0.2) is 46.7 Å². The number of rotatable bonds is 9. The highest BCUT2D eigenvalue weighted by molar-refractivity contribution is 5.69. The van der Waals surface area contributed by atoms with E-state index in [0.29, 0.717) is 26.1 Å². The maximum absolute atomic E-state index is 12.5. The minimum absolute atomic E-state index is 0.0758. The summed E-state index contributed by atoms with van der Waals surface area (Å²) in [5.41, 5.74) is 2.02. The number of aliphatic carboxylic acids is 1. The van der Waals surface area contributed by atoms with E-state index in [2.05, 4.69) is 10.3 Å². The maximum Gasteiger partial charge on any atom is 0.410 e. The van der Waals surface area contributed by atoms with Gasteiger partial charge in [0, 0.05) is 25.8 Å². The van der Waals surface area contributed by atoms with Crippen LogP contribution in [-0.2, 0) is 16.1 Å². The molecule has 3 rings (SSSR count). The van der Waals surface area contributed by atoms with Gasteiger partial charge >= 0.3 is 12.1 Å². The number of amides is 1. The maximum atomic E-state index is 12.5. The molecule has 1 aliphatic heterocycles. The van der Waals surface area contributed by atoms with Gasteiger partial charge in [-0.15, -0.1) is 0 Å². The number of unbranched alkanes of at least 4 members (excludes halogenated alkanes) is 2. The number of hydrogen-bond acceptors (Lipinski definition) is 5. The number of carboxylic acids is 1. The lowest BCUT2D eigenvalue weighted by Crippen LogP contribution is -2.31. The molecule has 1 atom stereocenters. The summed E-state index contributed by atoms with van der Waals surface area (Å²) in [6, 6.07) is 13.5. The predicted molar refractivity (Wildman–Crippen MR) is 114 cm³/mol. The van der Waals surface area contributed by atoms with E-state index in [0.717, 1.165) is 42.8 Å². The largest absolute Gasteiger partial charge is 0.481 e. The van der Waals surface area contributed by atoms with Crippen molar-refractivity contribution in [1.82, 2.24) is 9.88 Å². The van der Waals surface area contributed by atoms with E-state index in [1.54, 1.807) is 11.1 Å². The molecule has 1 unspecified atom stereocenters. The van der Waals surface area contributed by atoms with Crippen molar-refractivity contribution in [2.24, 2.45) is 0 Å². The van der Waals surface area contributed by atoms with Crippen LogP contribution < -0.4 is 5.32 Å². The normalized spacial score (nSPS) is 15.7. The van der Waals surface area contributed by atoms with Crippen molar-refractivity contribution in [1.29, 1.82) is 0 Å². The molecular weight excluding hydrogens is 382 g/mol. The number of carbonyl (C=O) groups is 2. The Morgan fingerprint density at radius 2 is 1.97 bits per heavy atom. The van der Waals surface area contributed by atoms with Gasteiger partial charge < -0.3 is 20.1 Å². The number of carbonyl (C=O) groups excluding carboxylic acids is 1. The average Bonchev–Trinajstić information content (AvgIpc) is 2.93. The molecule has 7 nitrogen and oxygen atoms in total. The van der Waals surface area contributed by atoms with Crippen molar-refractivity contribution >= 4 is 17.9 Å². The number of hydrogen-bond donors (Lipinski definition) is 2. The third-order valence-corrected chi connectivity index (χ3v) is 5.30. The van der Waals surface area contributed by atoms with Crippen molar-refractivity contribution in [3.63, 3.8) is 0 Å². The Kier molecular flexibility index (Phi) is 8.06. The molecule has 0 bridgehead atoms. The Hall–Kier alpha value is -3.09. The van der Waals surface area contributed by atoms with Gasteiger partial charge in [0.2, 0.25) is 0 Å². The van der Waals surface area contributed by atoms with Crippen molar-refractivity contribution < 1.29 is 19.4 Å². The minimum atomic E-state index is -0.816. The number of carboxylic acid groups (broad SMARTS) is 1. The predicted octanol–water partition coefficient (Wildman–Crippen LogP) is 4.26. The highest BCUT2D eigenvalue weighted by Gasteiger charge is 2.26. The van der Waals surface area contributed by atoms with Gasteiger partial charge in [-0.3, -0.25) is 4.79 Å². The lowest BCUT2D eigenvalue weighted by molar-refractivity contribution is -0.137. The van der Waals surface area contributed by atoms with Crippen molar-refractivity contribution in [3.8, 4) is 0 Å². The number of ether oxygens (including phenoxy) is 1. The second-order valence-electron chi connectivity index (χ2n) is 7.52. The molecule has 1 aromatic carbocycles. The molecule has 2 N–H and O–H groups in total. The molecule has 0 fully saturated rings. The van der Waals surface area contributed by atoms with Crippen molar-refractivity contribution in [2.75, 3.05) is 25.0 Å². The van der Waals surface area contributed by atoms with Gasteiger partial charge in [-0.1, -0.05) is 30.3 Å². The molecule has 0 spiro atoms. The van der Waals surface area contributed by atoms with E-state index in [1.807, 2.05) is 42.5 Å². The first-order valence-electron chi connectivity index (χ1n) is 10.5. The fourth-order valence-electron chi connectivity index (χ4n) is 3.75. The molecule has 0 aliphatic carbocycles. The number of pyridine rings is 1. The molecular formula is C23H29N3O4. The van der Waals surface area contributed by atoms with E-state index in [1.165, 1.54) is 0 Å². The zero-order valence-corrected chi connectivity index (χ0v) is 17.1. The van der Waals surface area contributed by atoms with Gasteiger partial charge in [0.05, 0.1) is 13.0 Å². The SMILES string of the molecule is O=C(O)CC1CCN(C(=O)OCCCCCNc2ccccn2)Cc2ccccc21. The van der Waals surface area contributed by atoms with Crippen LogP contribution in [0.3, 0.4) is 0 Å². The molecule has 30 heavy (non-hydrogen) atoms. The molecule has 0 saturated heterocycles. The molecule has 1 amide bonds. The fourth-order valence-corrected chi connectivity index (χ4v) is 3.75. The third-order valence-electron chi connectivity index (χ3n) is 5.30. The summed E-state index contributed by atoms with van der Waals surface area (Å²) in [5.74, 6) is -0.0296. The zero-order valence-electron chi connectivity index (χ0n) is 17.1. The second kappa shape index (κ2) is 11.2. The first-order chi connectivity index (χ1) is 14.6. The fraction of sp³-hybridized carbons (Fsp3) is 0.435. The summed E-state index contributed by atoms with van der Waals surface area (Å²) < 4.78 is 5.47. The third kappa shape index (κ3) is 6.47. The van der Waals surface area contributed by atoms with E-state index in [9.17, 15) is 14.7 Å². The quantitative estimate of drug-likeness (QED) is 0.599. The van der Waals surface area contributed by atoms with Crippen LogP contribution in [0.1, 0.15) is 49.1 Å². The summed E-state index contributed by atoms with van der Waals surface area (Å²) in [6.07, 6.45) is 4.87. The number of fused-ring (bicyclic) bond motifs is 1. The Bertz CT molecular complexity index is 828. The van der Waals surface area contributed by atoms with E-state index in [4.69, 9.17) is 4.74 Å².